The van der Waals surface area contributed by atoms with Crippen molar-refractivity contribution in [3.8, 4) is 77.9 Å². The smallest absolute Gasteiger partial charge is 0.0296 e. The summed E-state index contributed by atoms with van der Waals surface area (Å²) in [4.78, 5) is 0. The number of hydrogen-bond donors (Lipinski definition) is 0. The molecular weight excluding hydrogens is 1030 g/mol. The van der Waals surface area contributed by atoms with Gasteiger partial charge in [0.15, 0.2) is 0 Å². The molecule has 20 rings (SSSR count). The second-order valence-corrected chi connectivity index (χ2v) is 25.6. The minimum absolute atomic E-state index is 0.166. The molecule has 0 radical (unpaired) electrons. The van der Waals surface area contributed by atoms with E-state index in [0.29, 0.717) is 0 Å². The molecule has 0 aromatic heterocycles. The molecule has 0 atom stereocenters. The van der Waals surface area contributed by atoms with Crippen molar-refractivity contribution in [1.82, 2.24) is 0 Å². The predicted octanol–water partition coefficient (Wildman–Crippen LogP) is 21.9. The topological polar surface area (TPSA) is 0 Å². The van der Waals surface area contributed by atoms with E-state index in [9.17, 15) is 0 Å². The Balaban J connectivity index is 0.661. The first-order valence-electron chi connectivity index (χ1n) is 30.8. The van der Waals surface area contributed by atoms with E-state index in [0.717, 1.165) is 25.7 Å². The lowest BCUT2D eigenvalue weighted by molar-refractivity contribution is 0.564. The fourth-order valence-electron chi connectivity index (χ4n) is 17.4. The number of hydrogen-bond acceptors (Lipinski definition) is 0. The standard InChI is InChI=1S/C86H54/c1-2-10-66-48-85(47-65(66)9-1)77-43-61(29-35-71(77)73-37-31-63(45-79(73)85)69-33-25-55-23-21-51-13-5-15-53-27-39-75(69)83(55)81(51)53)59-19-7-17-57(41-59)58-18-8-20-60(42-58)62-30-36-72-74-38-32-64(46-80(74)86(78(72)44-62)49-67-11-3-4-12-68(67)50-86)70-34-26-56-24-22-52-14-6-16-54-28-40-76(70)84(56)82(52)54/h1-46H,47-50H2. The summed E-state index contributed by atoms with van der Waals surface area (Å²) in [6, 6.07) is 108. The van der Waals surface area contributed by atoms with Crippen LogP contribution in [-0.2, 0) is 36.5 Å². The van der Waals surface area contributed by atoms with Gasteiger partial charge in [0, 0.05) is 10.8 Å². The van der Waals surface area contributed by atoms with Gasteiger partial charge in [0.05, 0.1) is 0 Å². The summed E-state index contributed by atoms with van der Waals surface area (Å²) in [6.07, 6.45) is 3.97. The van der Waals surface area contributed by atoms with Crippen LogP contribution in [0, 0.1) is 0 Å². The Morgan fingerprint density at radius 1 is 0.186 bits per heavy atom. The van der Waals surface area contributed by atoms with Gasteiger partial charge < -0.3 is 0 Å². The molecule has 0 nitrogen and oxygen atoms in total. The molecule has 0 amide bonds. The number of benzene rings is 16. The average Bonchev–Trinajstić information content (AvgIpc) is 1.69. The van der Waals surface area contributed by atoms with Gasteiger partial charge >= 0.3 is 0 Å². The second-order valence-electron chi connectivity index (χ2n) is 25.6. The zero-order valence-electron chi connectivity index (χ0n) is 47.4. The van der Waals surface area contributed by atoms with E-state index in [1.807, 2.05) is 0 Å². The first-order chi connectivity index (χ1) is 42.5. The molecule has 0 unspecified atom stereocenters. The van der Waals surface area contributed by atoms with Gasteiger partial charge in [-0.05, 0) is 249 Å². The molecule has 0 saturated heterocycles. The minimum atomic E-state index is -0.166. The van der Waals surface area contributed by atoms with Crippen molar-refractivity contribution in [2.45, 2.75) is 36.5 Å². The summed E-state index contributed by atoms with van der Waals surface area (Å²) in [5, 5.41) is 15.9. The van der Waals surface area contributed by atoms with Crippen LogP contribution in [0.1, 0.15) is 44.5 Å². The summed E-state index contributed by atoms with van der Waals surface area (Å²) < 4.78 is 0. The highest BCUT2D eigenvalue weighted by atomic mass is 14.5. The molecule has 86 heavy (non-hydrogen) atoms. The number of rotatable bonds is 5. The van der Waals surface area contributed by atoms with Gasteiger partial charge in [0.2, 0.25) is 0 Å². The third-order valence-electron chi connectivity index (χ3n) is 21.3. The van der Waals surface area contributed by atoms with Crippen molar-refractivity contribution in [2.75, 3.05) is 0 Å². The SMILES string of the molecule is c1cc(-c2cccc(-c3ccc4c(c3)C3(Cc5ccccc5C3)c3cc(-c5ccc6ccc7cccc8ccc5c6c78)ccc3-4)c2)cc(-c2ccc3c(c2)C2(Cc4ccccc4C2)c2cc(-c4ccc5ccc6cccc7ccc4c5c67)ccc2-3)c1. The summed E-state index contributed by atoms with van der Waals surface area (Å²) in [5.74, 6) is 0. The molecule has 4 aliphatic rings. The molecule has 0 bridgehead atoms. The predicted molar refractivity (Wildman–Crippen MR) is 361 cm³/mol. The van der Waals surface area contributed by atoms with Crippen LogP contribution >= 0.6 is 0 Å². The lowest BCUT2D eigenvalue weighted by Gasteiger charge is -2.28. The molecule has 0 heteroatoms. The Labute approximate surface area is 499 Å². The highest BCUT2D eigenvalue weighted by molar-refractivity contribution is 6.27. The second kappa shape index (κ2) is 17.1. The van der Waals surface area contributed by atoms with Gasteiger partial charge in [-0.3, -0.25) is 0 Å². The zero-order valence-corrected chi connectivity index (χ0v) is 47.4. The summed E-state index contributed by atoms with van der Waals surface area (Å²) in [7, 11) is 0. The Hall–Kier alpha value is -10.4. The van der Waals surface area contributed by atoms with Crippen LogP contribution in [0.5, 0.6) is 0 Å². The lowest BCUT2D eigenvalue weighted by atomic mass is 9.74. The third kappa shape index (κ3) is 6.43. The molecule has 0 heterocycles. The monoisotopic (exact) mass is 1090 g/mol. The van der Waals surface area contributed by atoms with E-state index >= 15 is 0 Å². The van der Waals surface area contributed by atoms with Crippen LogP contribution in [0.15, 0.2) is 279 Å². The summed E-state index contributed by atoms with van der Waals surface area (Å²) in [5.41, 5.74) is 29.5. The Morgan fingerprint density at radius 3 is 0.814 bits per heavy atom. The maximum absolute atomic E-state index is 2.57. The van der Waals surface area contributed by atoms with Gasteiger partial charge in [-0.1, -0.05) is 243 Å². The normalized spacial score (nSPS) is 14.7. The van der Waals surface area contributed by atoms with Gasteiger partial charge in [0.25, 0.3) is 0 Å². The van der Waals surface area contributed by atoms with Crippen LogP contribution in [0.25, 0.3) is 143 Å². The highest BCUT2D eigenvalue weighted by Crippen LogP contribution is 2.59. The Bertz CT molecular complexity index is 5180. The Morgan fingerprint density at radius 2 is 0.453 bits per heavy atom. The van der Waals surface area contributed by atoms with Crippen LogP contribution in [0.3, 0.4) is 0 Å². The van der Waals surface area contributed by atoms with Crippen LogP contribution in [0.2, 0.25) is 0 Å². The molecule has 398 valence electrons. The summed E-state index contributed by atoms with van der Waals surface area (Å²) >= 11 is 0. The quantitative estimate of drug-likeness (QED) is 0.151. The molecule has 4 aliphatic carbocycles. The van der Waals surface area contributed by atoms with Crippen molar-refractivity contribution in [3.63, 3.8) is 0 Å². The largest absolute Gasteiger partial charge is 0.0620 e. The van der Waals surface area contributed by atoms with Crippen molar-refractivity contribution in [3.05, 3.63) is 324 Å². The van der Waals surface area contributed by atoms with Crippen molar-refractivity contribution in [2.24, 2.45) is 0 Å². The lowest BCUT2D eigenvalue weighted by Crippen LogP contribution is -2.26. The maximum Gasteiger partial charge on any atom is 0.0296 e. The summed E-state index contributed by atoms with van der Waals surface area (Å²) in [6.45, 7) is 0. The molecule has 16 aromatic rings. The van der Waals surface area contributed by atoms with E-state index in [1.54, 1.807) is 0 Å². The average molecular weight is 1090 g/mol. The van der Waals surface area contributed by atoms with Crippen molar-refractivity contribution < 1.29 is 0 Å². The van der Waals surface area contributed by atoms with E-state index in [-0.39, 0.29) is 10.8 Å². The van der Waals surface area contributed by atoms with E-state index in [2.05, 4.69) is 279 Å². The molecule has 0 saturated carbocycles. The number of fused-ring (bicyclic) bond motifs is 12. The molecule has 16 aromatic carbocycles. The molecular formula is C86H54. The minimum Gasteiger partial charge on any atom is -0.0620 e. The van der Waals surface area contributed by atoms with Crippen LogP contribution in [0.4, 0.5) is 0 Å². The first-order valence-corrected chi connectivity index (χ1v) is 30.8. The van der Waals surface area contributed by atoms with Crippen molar-refractivity contribution >= 4 is 64.6 Å². The third-order valence-corrected chi connectivity index (χ3v) is 21.3. The molecule has 2 spiro atoms. The fraction of sp³-hybridized carbons (Fsp3) is 0.0698. The van der Waals surface area contributed by atoms with Gasteiger partial charge in [0.1, 0.15) is 0 Å². The molecule has 0 N–H and O–H groups in total. The van der Waals surface area contributed by atoms with Gasteiger partial charge in [-0.15, -0.1) is 0 Å². The maximum atomic E-state index is 2.57. The van der Waals surface area contributed by atoms with E-state index in [1.165, 1.54) is 187 Å². The fourth-order valence-corrected chi connectivity index (χ4v) is 17.4. The Kier molecular flexibility index (Phi) is 9.36. The first kappa shape index (κ1) is 47.0. The van der Waals surface area contributed by atoms with Crippen molar-refractivity contribution in [1.29, 1.82) is 0 Å². The van der Waals surface area contributed by atoms with E-state index < -0.39 is 0 Å². The molecule has 0 fully saturated rings. The van der Waals surface area contributed by atoms with Gasteiger partial charge in [-0.2, -0.15) is 0 Å². The van der Waals surface area contributed by atoms with E-state index in [4.69, 9.17) is 0 Å². The van der Waals surface area contributed by atoms with Crippen LogP contribution in [-0.4, -0.2) is 0 Å². The molecule has 0 aliphatic heterocycles. The zero-order chi connectivity index (χ0) is 56.0. The van der Waals surface area contributed by atoms with Crippen LogP contribution < -0.4 is 0 Å². The van der Waals surface area contributed by atoms with Gasteiger partial charge in [-0.25, -0.2) is 0 Å². The highest BCUT2D eigenvalue weighted by Gasteiger charge is 2.49.